The molecule has 0 bridgehead atoms. The second-order valence-corrected chi connectivity index (χ2v) is 4.22. The van der Waals surface area contributed by atoms with Gasteiger partial charge in [0.1, 0.15) is 5.69 Å². The molecule has 3 nitrogen and oxygen atoms in total. The molecule has 0 fully saturated rings. The zero-order valence-corrected chi connectivity index (χ0v) is 9.82. The molecule has 2 rings (SSSR count). The Bertz CT molecular complexity index is 500. The molecule has 0 saturated carbocycles. The van der Waals surface area contributed by atoms with Crippen LogP contribution in [0.5, 0.6) is 0 Å². The van der Waals surface area contributed by atoms with Gasteiger partial charge in [-0.05, 0) is 32.4 Å². The van der Waals surface area contributed by atoms with Crippen LogP contribution >= 0.6 is 0 Å². The van der Waals surface area contributed by atoms with Crippen molar-refractivity contribution in [3.05, 3.63) is 41.2 Å². The van der Waals surface area contributed by atoms with E-state index in [2.05, 4.69) is 37.2 Å². The molecule has 84 valence electrons. The van der Waals surface area contributed by atoms with Crippen LogP contribution < -0.4 is 5.73 Å². The van der Waals surface area contributed by atoms with Crippen molar-refractivity contribution in [3.63, 3.8) is 0 Å². The Kier molecular flexibility index (Phi) is 2.79. The summed E-state index contributed by atoms with van der Waals surface area (Å²) in [7, 11) is 0. The van der Waals surface area contributed by atoms with Gasteiger partial charge >= 0.3 is 0 Å². The molecule has 3 heteroatoms. The minimum Gasteiger partial charge on any atom is -0.359 e. The predicted molar refractivity (Wildman–Crippen MR) is 64.0 cm³/mol. The predicted octanol–water partition coefficient (Wildman–Crippen LogP) is 2.98. The van der Waals surface area contributed by atoms with E-state index in [4.69, 9.17) is 10.3 Å². The number of hydrogen-bond donors (Lipinski definition) is 1. The van der Waals surface area contributed by atoms with Crippen LogP contribution in [0.25, 0.3) is 11.3 Å². The van der Waals surface area contributed by atoms with Crippen molar-refractivity contribution in [2.24, 2.45) is 5.73 Å². The minimum atomic E-state index is -0.119. The van der Waals surface area contributed by atoms with Gasteiger partial charge in [0.05, 0.1) is 6.04 Å². The van der Waals surface area contributed by atoms with Gasteiger partial charge in [-0.2, -0.15) is 0 Å². The third kappa shape index (κ3) is 1.99. The fraction of sp³-hybridized carbons (Fsp3) is 0.308. The molecule has 0 aliphatic carbocycles. The maximum Gasteiger partial charge on any atom is 0.153 e. The highest BCUT2D eigenvalue weighted by Gasteiger charge is 2.11. The lowest BCUT2D eigenvalue weighted by atomic mass is 10.0. The molecule has 1 atom stereocenters. The van der Waals surface area contributed by atoms with E-state index in [0.29, 0.717) is 0 Å². The third-order valence-corrected chi connectivity index (χ3v) is 2.65. The van der Waals surface area contributed by atoms with E-state index in [9.17, 15) is 0 Å². The maximum absolute atomic E-state index is 5.74. The van der Waals surface area contributed by atoms with Crippen LogP contribution in [0.4, 0.5) is 0 Å². The highest BCUT2D eigenvalue weighted by Crippen LogP contribution is 2.25. The number of benzene rings is 1. The van der Waals surface area contributed by atoms with Gasteiger partial charge in [0.25, 0.3) is 0 Å². The van der Waals surface area contributed by atoms with Crippen molar-refractivity contribution in [1.82, 2.24) is 5.16 Å². The molecule has 1 aromatic heterocycles. The van der Waals surface area contributed by atoms with Gasteiger partial charge in [0.2, 0.25) is 0 Å². The number of aryl methyl sites for hydroxylation is 2. The number of nitrogens with zero attached hydrogens (tertiary/aromatic N) is 1. The highest BCUT2D eigenvalue weighted by atomic mass is 16.5. The summed E-state index contributed by atoms with van der Waals surface area (Å²) in [4.78, 5) is 0. The van der Waals surface area contributed by atoms with Crippen molar-refractivity contribution in [2.75, 3.05) is 0 Å². The summed E-state index contributed by atoms with van der Waals surface area (Å²) in [6.45, 7) is 6.01. The average molecular weight is 216 g/mol. The van der Waals surface area contributed by atoms with Crippen molar-refractivity contribution in [1.29, 1.82) is 0 Å². The molecule has 0 amide bonds. The first-order valence-electron chi connectivity index (χ1n) is 5.38. The Balaban J connectivity index is 2.46. The van der Waals surface area contributed by atoms with Crippen LogP contribution in [0.2, 0.25) is 0 Å². The zero-order valence-electron chi connectivity index (χ0n) is 9.82. The molecule has 0 radical (unpaired) electrons. The first-order chi connectivity index (χ1) is 7.58. The first-order valence-corrected chi connectivity index (χ1v) is 5.38. The lowest BCUT2D eigenvalue weighted by Crippen LogP contribution is -2.02. The second kappa shape index (κ2) is 4.10. The van der Waals surface area contributed by atoms with Crippen molar-refractivity contribution in [3.8, 4) is 11.3 Å². The molecule has 2 N–H and O–H groups in total. The second-order valence-electron chi connectivity index (χ2n) is 4.22. The summed E-state index contributed by atoms with van der Waals surface area (Å²) >= 11 is 0. The van der Waals surface area contributed by atoms with E-state index in [-0.39, 0.29) is 6.04 Å². The van der Waals surface area contributed by atoms with Gasteiger partial charge in [-0.15, -0.1) is 0 Å². The van der Waals surface area contributed by atoms with Crippen LogP contribution in [0.15, 0.2) is 28.8 Å². The molecule has 2 aromatic rings. The fourth-order valence-electron chi connectivity index (χ4n) is 1.64. The number of aromatic nitrogens is 1. The molecular weight excluding hydrogens is 200 g/mol. The summed E-state index contributed by atoms with van der Waals surface area (Å²) in [5, 5.41) is 4.05. The van der Waals surface area contributed by atoms with Crippen LogP contribution in [0.1, 0.15) is 29.9 Å². The lowest BCUT2D eigenvalue weighted by Gasteiger charge is -2.02. The van der Waals surface area contributed by atoms with Gasteiger partial charge in [-0.1, -0.05) is 22.9 Å². The molecule has 16 heavy (non-hydrogen) atoms. The van der Waals surface area contributed by atoms with Gasteiger partial charge in [0.15, 0.2) is 5.76 Å². The Labute approximate surface area is 95.3 Å². The third-order valence-electron chi connectivity index (χ3n) is 2.65. The monoisotopic (exact) mass is 216 g/mol. The SMILES string of the molecule is Cc1ccc(C)c(-c2cc(C(C)N)on2)c1. The molecule has 0 saturated heterocycles. The van der Waals surface area contributed by atoms with Crippen LogP contribution in [-0.4, -0.2) is 5.16 Å². The van der Waals surface area contributed by atoms with Gasteiger partial charge in [-0.3, -0.25) is 0 Å². The number of hydrogen-bond acceptors (Lipinski definition) is 3. The largest absolute Gasteiger partial charge is 0.359 e. The molecule has 0 aliphatic heterocycles. The molecule has 1 heterocycles. The van der Waals surface area contributed by atoms with Crippen molar-refractivity contribution >= 4 is 0 Å². The van der Waals surface area contributed by atoms with Gasteiger partial charge in [-0.25, -0.2) is 0 Å². The van der Waals surface area contributed by atoms with Crippen LogP contribution in [0.3, 0.4) is 0 Å². The van der Waals surface area contributed by atoms with Crippen LogP contribution in [-0.2, 0) is 0 Å². The van der Waals surface area contributed by atoms with Gasteiger partial charge < -0.3 is 10.3 Å². The highest BCUT2D eigenvalue weighted by molar-refractivity contribution is 5.64. The summed E-state index contributed by atoms with van der Waals surface area (Å²) in [5.74, 6) is 0.718. The first kappa shape index (κ1) is 10.9. The minimum absolute atomic E-state index is 0.119. The smallest absolute Gasteiger partial charge is 0.153 e. The van der Waals surface area contributed by atoms with Crippen LogP contribution in [0, 0.1) is 13.8 Å². The Morgan fingerprint density at radius 1 is 1.25 bits per heavy atom. The van der Waals surface area contributed by atoms with E-state index < -0.39 is 0 Å². The van der Waals surface area contributed by atoms with E-state index >= 15 is 0 Å². The van der Waals surface area contributed by atoms with E-state index in [0.717, 1.165) is 17.0 Å². The molecule has 0 aliphatic rings. The summed E-state index contributed by atoms with van der Waals surface area (Å²) in [5.41, 5.74) is 10.1. The normalized spacial score (nSPS) is 12.8. The summed E-state index contributed by atoms with van der Waals surface area (Å²) in [6, 6.07) is 8.08. The lowest BCUT2D eigenvalue weighted by molar-refractivity contribution is 0.369. The zero-order chi connectivity index (χ0) is 11.7. The number of rotatable bonds is 2. The summed E-state index contributed by atoms with van der Waals surface area (Å²) < 4.78 is 5.20. The maximum atomic E-state index is 5.74. The Morgan fingerprint density at radius 2 is 2.00 bits per heavy atom. The molecule has 1 unspecified atom stereocenters. The Morgan fingerprint density at radius 3 is 2.62 bits per heavy atom. The fourth-order valence-corrected chi connectivity index (χ4v) is 1.64. The van der Waals surface area contributed by atoms with E-state index in [1.807, 2.05) is 13.0 Å². The number of nitrogens with two attached hydrogens (primary N) is 1. The molecule has 0 spiro atoms. The summed E-state index contributed by atoms with van der Waals surface area (Å²) in [6.07, 6.45) is 0. The topological polar surface area (TPSA) is 52.0 Å². The van der Waals surface area contributed by atoms with Crippen molar-refractivity contribution in [2.45, 2.75) is 26.8 Å². The quantitative estimate of drug-likeness (QED) is 0.839. The molecule has 1 aromatic carbocycles. The average Bonchev–Trinajstić information content (AvgIpc) is 2.70. The standard InChI is InChI=1S/C13H16N2O/c1-8-4-5-9(2)11(6-8)12-7-13(10(3)14)16-15-12/h4-7,10H,14H2,1-3H3. The molecular formula is C13H16N2O. The van der Waals surface area contributed by atoms with E-state index in [1.54, 1.807) is 0 Å². The van der Waals surface area contributed by atoms with E-state index in [1.165, 1.54) is 11.1 Å². The Hall–Kier alpha value is -1.61. The van der Waals surface area contributed by atoms with Crippen molar-refractivity contribution < 1.29 is 4.52 Å². The van der Waals surface area contributed by atoms with Gasteiger partial charge in [0, 0.05) is 11.6 Å².